The minimum Gasteiger partial charge on any atom is -0.497 e. The first-order valence-electron chi connectivity index (χ1n) is 8.43. The van der Waals surface area contributed by atoms with E-state index in [1.165, 1.54) is 5.56 Å². The maximum atomic E-state index is 12.3. The Labute approximate surface area is 150 Å². The summed E-state index contributed by atoms with van der Waals surface area (Å²) in [5, 5.41) is 4.62. The lowest BCUT2D eigenvalue weighted by atomic mass is 10.1. The zero-order valence-electron chi connectivity index (χ0n) is 14.4. The Bertz CT molecular complexity index is 1070. The molecular weight excluding hydrogens is 328 g/mol. The Kier molecular flexibility index (Phi) is 4.27. The number of amides is 1. The van der Waals surface area contributed by atoms with Crippen molar-refractivity contribution in [2.75, 3.05) is 13.7 Å². The average molecular weight is 346 g/mol. The molecule has 0 atom stereocenters. The fraction of sp³-hybridized carbons (Fsp3) is 0.143. The van der Waals surface area contributed by atoms with E-state index in [2.05, 4.69) is 10.3 Å². The number of fused-ring (bicyclic) bond motifs is 2. The van der Waals surface area contributed by atoms with Gasteiger partial charge in [0.2, 0.25) is 5.71 Å². The van der Waals surface area contributed by atoms with Crippen LogP contribution < -0.4 is 10.1 Å². The third kappa shape index (κ3) is 3.24. The predicted octanol–water partition coefficient (Wildman–Crippen LogP) is 3.96. The second-order valence-corrected chi connectivity index (χ2v) is 6.04. The van der Waals surface area contributed by atoms with Gasteiger partial charge in [-0.2, -0.15) is 0 Å². The molecule has 5 heteroatoms. The van der Waals surface area contributed by atoms with Crippen LogP contribution in [0.4, 0.5) is 0 Å². The molecule has 4 rings (SSSR count). The van der Waals surface area contributed by atoms with Crippen molar-refractivity contribution in [1.29, 1.82) is 0 Å². The van der Waals surface area contributed by atoms with Crippen molar-refractivity contribution in [1.82, 2.24) is 10.3 Å². The average Bonchev–Trinajstić information content (AvgIpc) is 3.09. The third-order valence-corrected chi connectivity index (χ3v) is 4.27. The minimum absolute atomic E-state index is 0.236. The van der Waals surface area contributed by atoms with Gasteiger partial charge in [-0.3, -0.25) is 4.79 Å². The number of ether oxygens (including phenoxy) is 1. The molecule has 26 heavy (non-hydrogen) atoms. The van der Waals surface area contributed by atoms with Crippen LogP contribution in [-0.2, 0) is 6.42 Å². The molecule has 0 radical (unpaired) electrons. The highest BCUT2D eigenvalue weighted by Crippen LogP contribution is 2.25. The fourth-order valence-corrected chi connectivity index (χ4v) is 2.90. The highest BCUT2D eigenvalue weighted by atomic mass is 16.5. The number of rotatable bonds is 5. The summed E-state index contributed by atoms with van der Waals surface area (Å²) in [6.45, 7) is 0.548. The van der Waals surface area contributed by atoms with Crippen molar-refractivity contribution in [2.24, 2.45) is 0 Å². The molecule has 1 amide bonds. The molecule has 2 aromatic carbocycles. The molecule has 0 saturated heterocycles. The summed E-state index contributed by atoms with van der Waals surface area (Å²) in [6.07, 6.45) is 0.773. The molecule has 0 aliphatic rings. The lowest BCUT2D eigenvalue weighted by molar-refractivity contribution is 0.0928. The van der Waals surface area contributed by atoms with Crippen LogP contribution >= 0.6 is 0 Å². The van der Waals surface area contributed by atoms with Crippen LogP contribution in [0.5, 0.6) is 5.75 Å². The number of carbonyl (C=O) groups is 1. The predicted molar refractivity (Wildman–Crippen MR) is 101 cm³/mol. The van der Waals surface area contributed by atoms with E-state index >= 15 is 0 Å². The van der Waals surface area contributed by atoms with Crippen LogP contribution in [0.2, 0.25) is 0 Å². The second-order valence-electron chi connectivity index (χ2n) is 6.04. The van der Waals surface area contributed by atoms with Gasteiger partial charge in [0.25, 0.3) is 5.91 Å². The number of carbonyl (C=O) groups excluding carboxylic acids is 1. The van der Waals surface area contributed by atoms with Crippen molar-refractivity contribution >= 4 is 27.9 Å². The van der Waals surface area contributed by atoms with Crippen molar-refractivity contribution in [3.8, 4) is 5.75 Å². The van der Waals surface area contributed by atoms with Crippen LogP contribution in [0.25, 0.3) is 22.0 Å². The fourth-order valence-electron chi connectivity index (χ4n) is 2.90. The van der Waals surface area contributed by atoms with Gasteiger partial charge in [-0.25, -0.2) is 4.98 Å². The van der Waals surface area contributed by atoms with E-state index in [1.807, 2.05) is 54.6 Å². The summed E-state index contributed by atoms with van der Waals surface area (Å²) in [5.74, 6) is 0.796. The Balaban J connectivity index is 1.52. The Morgan fingerprint density at radius 2 is 1.92 bits per heavy atom. The van der Waals surface area contributed by atoms with Gasteiger partial charge in [0.1, 0.15) is 5.75 Å². The van der Waals surface area contributed by atoms with E-state index in [9.17, 15) is 4.79 Å². The summed E-state index contributed by atoms with van der Waals surface area (Å²) in [4.78, 5) is 16.8. The normalized spacial score (nSPS) is 11.0. The van der Waals surface area contributed by atoms with E-state index in [0.29, 0.717) is 12.3 Å². The number of benzene rings is 2. The van der Waals surface area contributed by atoms with E-state index in [1.54, 1.807) is 13.2 Å². The molecule has 0 saturated carbocycles. The Morgan fingerprint density at radius 1 is 1.08 bits per heavy atom. The van der Waals surface area contributed by atoms with E-state index in [-0.39, 0.29) is 11.7 Å². The zero-order valence-corrected chi connectivity index (χ0v) is 14.4. The molecule has 0 unspecified atom stereocenters. The summed E-state index contributed by atoms with van der Waals surface area (Å²) in [6, 6.07) is 19.3. The molecule has 0 bridgehead atoms. The van der Waals surface area contributed by atoms with Crippen molar-refractivity contribution in [3.05, 3.63) is 72.0 Å². The van der Waals surface area contributed by atoms with Crippen LogP contribution in [-0.4, -0.2) is 24.5 Å². The molecule has 1 N–H and O–H groups in total. The number of nitrogens with one attached hydrogen (secondary N) is 1. The molecule has 0 fully saturated rings. The van der Waals surface area contributed by atoms with Gasteiger partial charge in [0.15, 0.2) is 5.76 Å². The van der Waals surface area contributed by atoms with Gasteiger partial charge in [0.05, 0.1) is 12.6 Å². The highest BCUT2D eigenvalue weighted by Gasteiger charge is 2.13. The molecule has 5 nitrogen and oxygen atoms in total. The van der Waals surface area contributed by atoms with Gasteiger partial charge in [0, 0.05) is 17.3 Å². The number of hydrogen-bond acceptors (Lipinski definition) is 4. The first kappa shape index (κ1) is 16.1. The number of methoxy groups -OCH3 is 1. The number of hydrogen-bond donors (Lipinski definition) is 1. The Hall–Kier alpha value is -3.34. The van der Waals surface area contributed by atoms with Crippen molar-refractivity contribution in [3.63, 3.8) is 0 Å². The van der Waals surface area contributed by atoms with E-state index in [4.69, 9.17) is 9.15 Å². The standard InChI is InChI=1S/C21H18N2O3/c1-25-17-7-8-18-15(12-17)11-16-13-19(26-21(16)23-18)20(24)22-10-9-14-5-3-2-4-6-14/h2-8,11-13H,9-10H2,1H3,(H,22,24). The second kappa shape index (κ2) is 6.88. The highest BCUT2D eigenvalue weighted by molar-refractivity contribution is 5.98. The van der Waals surface area contributed by atoms with Gasteiger partial charge >= 0.3 is 0 Å². The molecule has 4 aromatic rings. The maximum Gasteiger partial charge on any atom is 0.287 e. The molecule has 2 aromatic heterocycles. The number of nitrogens with zero attached hydrogens (tertiary/aromatic N) is 1. The van der Waals surface area contributed by atoms with Gasteiger partial charge in [-0.1, -0.05) is 30.3 Å². The van der Waals surface area contributed by atoms with Crippen molar-refractivity contribution < 1.29 is 13.9 Å². The number of furan rings is 1. The SMILES string of the molecule is COc1ccc2nc3oc(C(=O)NCCc4ccccc4)cc3cc2c1. The van der Waals surface area contributed by atoms with E-state index in [0.717, 1.165) is 28.5 Å². The van der Waals surface area contributed by atoms with Crippen LogP contribution in [0.3, 0.4) is 0 Å². The summed E-state index contributed by atoms with van der Waals surface area (Å²) in [7, 11) is 1.63. The monoisotopic (exact) mass is 346 g/mol. The first-order valence-corrected chi connectivity index (χ1v) is 8.43. The molecule has 0 aliphatic carbocycles. The van der Waals surface area contributed by atoms with Crippen LogP contribution in [0, 0.1) is 0 Å². The van der Waals surface area contributed by atoms with Gasteiger partial charge < -0.3 is 14.5 Å². The van der Waals surface area contributed by atoms with E-state index < -0.39 is 0 Å². The molecular formula is C21H18N2O3. The largest absolute Gasteiger partial charge is 0.497 e. The van der Waals surface area contributed by atoms with Crippen molar-refractivity contribution in [2.45, 2.75) is 6.42 Å². The minimum atomic E-state index is -0.236. The first-order chi connectivity index (χ1) is 12.7. The number of aromatic nitrogens is 1. The van der Waals surface area contributed by atoms with Crippen LogP contribution in [0.1, 0.15) is 16.1 Å². The maximum absolute atomic E-state index is 12.3. The molecule has 0 aliphatic heterocycles. The summed E-state index contributed by atoms with van der Waals surface area (Å²) in [5.41, 5.74) is 2.43. The topological polar surface area (TPSA) is 64.4 Å². The molecule has 2 heterocycles. The quantitative estimate of drug-likeness (QED) is 0.594. The lowest BCUT2D eigenvalue weighted by Crippen LogP contribution is -2.25. The van der Waals surface area contributed by atoms with Gasteiger partial charge in [-0.15, -0.1) is 0 Å². The van der Waals surface area contributed by atoms with Gasteiger partial charge in [-0.05, 0) is 42.3 Å². The molecule has 130 valence electrons. The number of pyridine rings is 1. The third-order valence-electron chi connectivity index (χ3n) is 4.27. The van der Waals surface area contributed by atoms with Crippen LogP contribution in [0.15, 0.2) is 65.1 Å². The Morgan fingerprint density at radius 3 is 2.73 bits per heavy atom. The molecule has 0 spiro atoms. The summed E-state index contributed by atoms with van der Waals surface area (Å²) < 4.78 is 10.9. The summed E-state index contributed by atoms with van der Waals surface area (Å²) >= 11 is 0. The zero-order chi connectivity index (χ0) is 17.9. The lowest BCUT2D eigenvalue weighted by Gasteiger charge is -2.03. The smallest absolute Gasteiger partial charge is 0.287 e.